The number of aryl methyl sites for hydroxylation is 2. The van der Waals surface area contributed by atoms with E-state index in [-0.39, 0.29) is 18.4 Å². The van der Waals surface area contributed by atoms with Crippen molar-refractivity contribution < 1.29 is 14.7 Å². The minimum absolute atomic E-state index is 0.111. The van der Waals surface area contributed by atoms with E-state index in [0.717, 1.165) is 27.7 Å². The Morgan fingerprint density at radius 3 is 2.52 bits per heavy atom. The van der Waals surface area contributed by atoms with Gasteiger partial charge in [0, 0.05) is 41.2 Å². The highest BCUT2D eigenvalue weighted by Gasteiger charge is 2.40. The molecule has 2 atom stereocenters. The average molecular weight is 362 g/mol. The highest BCUT2D eigenvalue weighted by atomic mass is 16.4. The first kappa shape index (κ1) is 17.3. The molecule has 0 bridgehead atoms. The maximum Gasteiger partial charge on any atom is 0.308 e. The molecule has 0 saturated carbocycles. The van der Waals surface area contributed by atoms with Crippen LogP contribution in [0.3, 0.4) is 0 Å². The fourth-order valence-corrected chi connectivity index (χ4v) is 4.03. The summed E-state index contributed by atoms with van der Waals surface area (Å²) >= 11 is 0. The normalized spacial score (nSPS) is 19.6. The van der Waals surface area contributed by atoms with Gasteiger partial charge in [0.05, 0.1) is 5.92 Å². The number of fused-ring (bicyclic) bond motifs is 1. The summed E-state index contributed by atoms with van der Waals surface area (Å²) in [5, 5.41) is 10.7. The number of hydrogen-bond donors (Lipinski definition) is 2. The van der Waals surface area contributed by atoms with Crippen LogP contribution in [0.2, 0.25) is 0 Å². The van der Waals surface area contributed by atoms with Gasteiger partial charge in [-0.2, -0.15) is 0 Å². The second-order valence-electron chi connectivity index (χ2n) is 7.31. The molecule has 5 nitrogen and oxygen atoms in total. The Hall–Kier alpha value is -3.08. The number of nitrogens with one attached hydrogen (secondary N) is 1. The van der Waals surface area contributed by atoms with Crippen molar-refractivity contribution in [2.75, 3.05) is 13.1 Å². The summed E-state index contributed by atoms with van der Waals surface area (Å²) in [6, 6.07) is 15.2. The van der Waals surface area contributed by atoms with Crippen LogP contribution in [0.5, 0.6) is 0 Å². The summed E-state index contributed by atoms with van der Waals surface area (Å²) < 4.78 is 0. The zero-order valence-corrected chi connectivity index (χ0v) is 15.4. The molecule has 0 unspecified atom stereocenters. The van der Waals surface area contributed by atoms with Gasteiger partial charge in [0.15, 0.2) is 0 Å². The van der Waals surface area contributed by atoms with Gasteiger partial charge in [0.2, 0.25) is 0 Å². The van der Waals surface area contributed by atoms with Gasteiger partial charge in [-0.05, 0) is 43.2 Å². The second kappa shape index (κ2) is 6.58. The zero-order chi connectivity index (χ0) is 19.1. The van der Waals surface area contributed by atoms with Gasteiger partial charge >= 0.3 is 5.97 Å². The summed E-state index contributed by atoms with van der Waals surface area (Å²) in [4.78, 5) is 29.8. The number of rotatable bonds is 3. The molecule has 1 saturated heterocycles. The lowest BCUT2D eigenvalue weighted by molar-refractivity contribution is -0.141. The van der Waals surface area contributed by atoms with E-state index in [9.17, 15) is 14.7 Å². The molecule has 0 aliphatic carbocycles. The number of H-pyrrole nitrogens is 1. The predicted molar refractivity (Wildman–Crippen MR) is 104 cm³/mol. The fraction of sp³-hybridized carbons (Fsp3) is 0.273. The van der Waals surface area contributed by atoms with Crippen LogP contribution in [0.4, 0.5) is 0 Å². The molecular weight excluding hydrogens is 340 g/mol. The van der Waals surface area contributed by atoms with Crippen LogP contribution in [0, 0.1) is 19.8 Å². The topological polar surface area (TPSA) is 73.4 Å². The number of benzene rings is 2. The van der Waals surface area contributed by atoms with Crippen molar-refractivity contribution in [2.45, 2.75) is 19.8 Å². The summed E-state index contributed by atoms with van der Waals surface area (Å²) in [5.74, 6) is -1.74. The average Bonchev–Trinajstić information content (AvgIpc) is 3.24. The molecule has 138 valence electrons. The van der Waals surface area contributed by atoms with Crippen molar-refractivity contribution in [1.82, 2.24) is 9.88 Å². The third kappa shape index (κ3) is 2.99. The molecule has 1 aliphatic heterocycles. The molecule has 1 aromatic heterocycles. The summed E-state index contributed by atoms with van der Waals surface area (Å²) in [5.41, 5.74) is 4.79. The Morgan fingerprint density at radius 2 is 1.81 bits per heavy atom. The van der Waals surface area contributed by atoms with Crippen LogP contribution in [-0.2, 0) is 4.79 Å². The molecule has 1 fully saturated rings. The molecule has 2 heterocycles. The number of nitrogens with zero attached hydrogens (tertiary/aromatic N) is 1. The lowest BCUT2D eigenvalue weighted by Gasteiger charge is -2.17. The molecular formula is C22H22N2O3. The number of carbonyl (C=O) groups is 2. The van der Waals surface area contributed by atoms with E-state index in [0.29, 0.717) is 12.1 Å². The van der Waals surface area contributed by atoms with Gasteiger partial charge in [-0.15, -0.1) is 0 Å². The number of carbonyl (C=O) groups excluding carboxylic acids is 1. The van der Waals surface area contributed by atoms with Gasteiger partial charge in [0.25, 0.3) is 5.91 Å². The first-order valence-corrected chi connectivity index (χ1v) is 9.11. The second-order valence-corrected chi connectivity index (χ2v) is 7.31. The smallest absolute Gasteiger partial charge is 0.308 e. The van der Waals surface area contributed by atoms with Gasteiger partial charge in [-0.3, -0.25) is 9.59 Å². The Bertz CT molecular complexity index is 1020. The number of carboxylic acids is 1. The largest absolute Gasteiger partial charge is 0.481 e. The SMILES string of the molecule is Cc1[nH]c2ccc(C(=O)N3C[C@H](C(=O)O)[C@@H](c4ccccc4)C3)cc2c1C. The summed E-state index contributed by atoms with van der Waals surface area (Å²) in [6.07, 6.45) is 0. The van der Waals surface area contributed by atoms with Crippen molar-refractivity contribution in [3.8, 4) is 0 Å². The van der Waals surface area contributed by atoms with Gasteiger partial charge < -0.3 is 15.0 Å². The number of likely N-dealkylation sites (tertiary alicyclic amines) is 1. The molecule has 4 rings (SSSR count). The lowest BCUT2D eigenvalue weighted by Crippen LogP contribution is -2.29. The highest BCUT2D eigenvalue weighted by molar-refractivity contribution is 5.99. The Kier molecular flexibility index (Phi) is 4.22. The molecule has 1 amide bonds. The quantitative estimate of drug-likeness (QED) is 0.746. The van der Waals surface area contributed by atoms with Crippen molar-refractivity contribution >= 4 is 22.8 Å². The molecule has 0 radical (unpaired) electrons. The minimum Gasteiger partial charge on any atom is -0.481 e. The zero-order valence-electron chi connectivity index (χ0n) is 15.4. The van der Waals surface area contributed by atoms with Crippen molar-refractivity contribution in [3.05, 3.63) is 70.9 Å². The number of aliphatic carboxylic acids is 1. The van der Waals surface area contributed by atoms with Crippen LogP contribution >= 0.6 is 0 Å². The van der Waals surface area contributed by atoms with Crippen molar-refractivity contribution in [3.63, 3.8) is 0 Å². The molecule has 3 aromatic rings. The standard InChI is InChI=1S/C22H22N2O3/c1-13-14(2)23-20-9-8-16(10-17(13)20)21(25)24-11-18(19(12-24)22(26)27)15-6-4-3-5-7-15/h3-10,18-19,23H,11-12H2,1-2H3,(H,26,27)/t18-,19+/m1/s1. The number of amides is 1. The van der Waals surface area contributed by atoms with Gasteiger partial charge in [0.1, 0.15) is 0 Å². The minimum atomic E-state index is -0.855. The van der Waals surface area contributed by atoms with Gasteiger partial charge in [-0.25, -0.2) is 0 Å². The summed E-state index contributed by atoms with van der Waals surface area (Å²) in [6.45, 7) is 4.70. The molecule has 0 spiro atoms. The number of aromatic nitrogens is 1. The maximum absolute atomic E-state index is 13.1. The first-order valence-electron chi connectivity index (χ1n) is 9.11. The third-order valence-electron chi connectivity index (χ3n) is 5.71. The Morgan fingerprint density at radius 1 is 1.07 bits per heavy atom. The van der Waals surface area contributed by atoms with Crippen LogP contribution < -0.4 is 0 Å². The molecule has 5 heteroatoms. The van der Waals surface area contributed by atoms with Crippen LogP contribution in [-0.4, -0.2) is 40.0 Å². The van der Waals surface area contributed by atoms with E-state index in [1.165, 1.54) is 0 Å². The van der Waals surface area contributed by atoms with Crippen molar-refractivity contribution in [2.24, 2.45) is 5.92 Å². The van der Waals surface area contributed by atoms with E-state index in [1.807, 2.05) is 62.4 Å². The van der Waals surface area contributed by atoms with Crippen molar-refractivity contribution in [1.29, 1.82) is 0 Å². The number of aromatic amines is 1. The highest BCUT2D eigenvalue weighted by Crippen LogP contribution is 2.34. The monoisotopic (exact) mass is 362 g/mol. The van der Waals surface area contributed by atoms with Crippen LogP contribution in [0.15, 0.2) is 48.5 Å². The van der Waals surface area contributed by atoms with E-state index in [1.54, 1.807) is 4.90 Å². The molecule has 27 heavy (non-hydrogen) atoms. The van der Waals surface area contributed by atoms with Crippen LogP contribution in [0.1, 0.15) is 33.1 Å². The number of carboxylic acid groups (broad SMARTS) is 1. The maximum atomic E-state index is 13.1. The van der Waals surface area contributed by atoms with Crippen LogP contribution in [0.25, 0.3) is 10.9 Å². The van der Waals surface area contributed by atoms with E-state index >= 15 is 0 Å². The fourth-order valence-electron chi connectivity index (χ4n) is 4.03. The third-order valence-corrected chi connectivity index (χ3v) is 5.71. The van der Waals surface area contributed by atoms with E-state index in [2.05, 4.69) is 4.98 Å². The lowest BCUT2D eigenvalue weighted by atomic mass is 9.89. The van der Waals surface area contributed by atoms with E-state index in [4.69, 9.17) is 0 Å². The molecule has 1 aliphatic rings. The number of hydrogen-bond acceptors (Lipinski definition) is 2. The van der Waals surface area contributed by atoms with E-state index < -0.39 is 11.9 Å². The van der Waals surface area contributed by atoms with Gasteiger partial charge in [-0.1, -0.05) is 30.3 Å². The summed E-state index contributed by atoms with van der Waals surface area (Å²) in [7, 11) is 0. The predicted octanol–water partition coefficient (Wildman–Crippen LogP) is 3.73. The first-order chi connectivity index (χ1) is 13.0. The molecule has 2 aromatic carbocycles. The Balaban J connectivity index is 1.64. The molecule has 2 N–H and O–H groups in total. The Labute approximate surface area is 157 Å².